The minimum absolute atomic E-state index is 0.522. The topological polar surface area (TPSA) is 15.3 Å². The average molecular weight is 266 g/mol. The van der Waals surface area contributed by atoms with E-state index in [2.05, 4.69) is 45.0 Å². The van der Waals surface area contributed by atoms with Crippen LogP contribution in [0.2, 0.25) is 0 Å². The highest BCUT2D eigenvalue weighted by molar-refractivity contribution is 4.94. The number of hydrogen-bond acceptors (Lipinski definition) is 2. The Morgan fingerprint density at radius 3 is 2.00 bits per heavy atom. The van der Waals surface area contributed by atoms with Gasteiger partial charge in [-0.1, -0.05) is 27.7 Å². The van der Waals surface area contributed by atoms with Gasteiger partial charge in [0.25, 0.3) is 0 Å². The van der Waals surface area contributed by atoms with Crippen molar-refractivity contribution in [2.45, 2.75) is 65.8 Å². The van der Waals surface area contributed by atoms with Gasteiger partial charge in [-0.15, -0.1) is 0 Å². The number of nitrogens with zero attached hydrogens (tertiary/aromatic N) is 1. The fraction of sp³-hybridized carbons (Fsp3) is 1.00. The van der Waals surface area contributed by atoms with Crippen LogP contribution in [-0.4, -0.2) is 37.6 Å². The Bertz CT molecular complexity index is 272. The Labute approximate surface area is 120 Å². The van der Waals surface area contributed by atoms with Crippen molar-refractivity contribution in [1.82, 2.24) is 10.2 Å². The van der Waals surface area contributed by atoms with E-state index in [0.29, 0.717) is 10.8 Å². The summed E-state index contributed by atoms with van der Waals surface area (Å²) in [5.41, 5.74) is 1.04. The highest BCUT2D eigenvalue weighted by Crippen LogP contribution is 2.47. The molecule has 0 aromatic rings. The molecule has 0 amide bonds. The third-order valence-corrected chi connectivity index (χ3v) is 5.19. The molecule has 2 fully saturated rings. The molecular weight excluding hydrogens is 232 g/mol. The molecule has 2 nitrogen and oxygen atoms in total. The van der Waals surface area contributed by atoms with Crippen molar-refractivity contribution < 1.29 is 0 Å². The largest absolute Gasteiger partial charge is 0.319 e. The summed E-state index contributed by atoms with van der Waals surface area (Å²) in [7, 11) is 2.08. The molecule has 0 radical (unpaired) electrons. The van der Waals surface area contributed by atoms with Crippen LogP contribution in [0.1, 0.15) is 59.8 Å². The van der Waals surface area contributed by atoms with E-state index in [1.807, 2.05) is 0 Å². The minimum Gasteiger partial charge on any atom is -0.319 e. The Balaban J connectivity index is 1.92. The van der Waals surface area contributed by atoms with Gasteiger partial charge in [0.2, 0.25) is 0 Å². The van der Waals surface area contributed by atoms with Crippen molar-refractivity contribution in [2.24, 2.45) is 16.7 Å². The molecule has 1 saturated carbocycles. The van der Waals surface area contributed by atoms with Crippen LogP contribution in [0, 0.1) is 16.7 Å². The first kappa shape index (κ1) is 15.3. The summed E-state index contributed by atoms with van der Waals surface area (Å²) in [6.45, 7) is 13.7. The first-order valence-electron chi connectivity index (χ1n) is 8.20. The molecule has 0 aromatic carbocycles. The summed E-state index contributed by atoms with van der Waals surface area (Å²) < 4.78 is 0. The zero-order valence-electron chi connectivity index (χ0n) is 13.8. The molecule has 1 saturated heterocycles. The molecule has 2 rings (SSSR count). The maximum absolute atomic E-state index is 3.34. The molecule has 1 aliphatic carbocycles. The third-order valence-electron chi connectivity index (χ3n) is 5.19. The molecule has 112 valence electrons. The standard InChI is InChI=1S/C17H34N2/c1-16(2)10-15(11-17(3,4)13-16)19-8-6-14(7-9-19)12-18-5/h14-15,18H,6-13H2,1-5H3. The lowest BCUT2D eigenvalue weighted by Gasteiger charge is -2.50. The van der Waals surface area contributed by atoms with E-state index in [0.717, 1.165) is 12.0 Å². The molecule has 1 aliphatic heterocycles. The van der Waals surface area contributed by atoms with Crippen molar-refractivity contribution in [3.8, 4) is 0 Å². The van der Waals surface area contributed by atoms with E-state index in [4.69, 9.17) is 0 Å². The fourth-order valence-electron chi connectivity index (χ4n) is 4.86. The van der Waals surface area contributed by atoms with Gasteiger partial charge in [-0.05, 0) is 75.5 Å². The third kappa shape index (κ3) is 4.19. The van der Waals surface area contributed by atoms with Crippen LogP contribution >= 0.6 is 0 Å². The monoisotopic (exact) mass is 266 g/mol. The summed E-state index contributed by atoms with van der Waals surface area (Å²) in [6, 6.07) is 0.828. The zero-order valence-corrected chi connectivity index (χ0v) is 13.8. The first-order valence-corrected chi connectivity index (χ1v) is 8.20. The summed E-state index contributed by atoms with van der Waals surface area (Å²) in [5.74, 6) is 0.908. The number of likely N-dealkylation sites (tertiary alicyclic amines) is 1. The summed E-state index contributed by atoms with van der Waals surface area (Å²) in [4.78, 5) is 2.80. The van der Waals surface area contributed by atoms with Crippen LogP contribution in [0.4, 0.5) is 0 Å². The highest BCUT2D eigenvalue weighted by atomic mass is 15.2. The van der Waals surface area contributed by atoms with Gasteiger partial charge >= 0.3 is 0 Å². The van der Waals surface area contributed by atoms with Gasteiger partial charge in [0.1, 0.15) is 0 Å². The van der Waals surface area contributed by atoms with Crippen LogP contribution in [0.5, 0.6) is 0 Å². The Morgan fingerprint density at radius 1 is 1.00 bits per heavy atom. The molecular formula is C17H34N2. The predicted octanol–water partition coefficient (Wildman–Crippen LogP) is 3.52. The highest BCUT2D eigenvalue weighted by Gasteiger charge is 2.40. The molecule has 0 bridgehead atoms. The summed E-state index contributed by atoms with van der Waals surface area (Å²) in [5, 5.41) is 3.34. The SMILES string of the molecule is CNCC1CCN(C2CC(C)(C)CC(C)(C)C2)CC1. The Hall–Kier alpha value is -0.0800. The van der Waals surface area contributed by atoms with Crippen molar-refractivity contribution in [3.05, 3.63) is 0 Å². The molecule has 0 spiro atoms. The Morgan fingerprint density at radius 2 is 1.53 bits per heavy atom. The van der Waals surface area contributed by atoms with E-state index in [9.17, 15) is 0 Å². The summed E-state index contributed by atoms with van der Waals surface area (Å²) >= 11 is 0. The zero-order chi connectivity index (χ0) is 14.1. The normalized spacial score (nSPS) is 29.5. The van der Waals surface area contributed by atoms with E-state index in [1.54, 1.807) is 0 Å². The van der Waals surface area contributed by atoms with Gasteiger partial charge in [-0.25, -0.2) is 0 Å². The molecule has 19 heavy (non-hydrogen) atoms. The number of nitrogens with one attached hydrogen (secondary N) is 1. The number of rotatable bonds is 3. The second kappa shape index (κ2) is 5.73. The van der Waals surface area contributed by atoms with Crippen molar-refractivity contribution in [3.63, 3.8) is 0 Å². The van der Waals surface area contributed by atoms with Crippen molar-refractivity contribution in [2.75, 3.05) is 26.7 Å². The molecule has 2 aliphatic rings. The van der Waals surface area contributed by atoms with Gasteiger partial charge in [-0.2, -0.15) is 0 Å². The van der Waals surface area contributed by atoms with Crippen LogP contribution in [-0.2, 0) is 0 Å². The lowest BCUT2D eigenvalue weighted by molar-refractivity contribution is 0.00985. The van der Waals surface area contributed by atoms with Crippen LogP contribution in [0.25, 0.3) is 0 Å². The van der Waals surface area contributed by atoms with E-state index in [-0.39, 0.29) is 0 Å². The lowest BCUT2D eigenvalue weighted by Crippen LogP contribution is -2.49. The van der Waals surface area contributed by atoms with Gasteiger partial charge in [-0.3, -0.25) is 0 Å². The molecule has 0 unspecified atom stereocenters. The van der Waals surface area contributed by atoms with Crippen molar-refractivity contribution >= 4 is 0 Å². The summed E-state index contributed by atoms with van der Waals surface area (Å²) in [6.07, 6.45) is 6.95. The minimum atomic E-state index is 0.522. The Kier molecular flexibility index (Phi) is 4.62. The quantitative estimate of drug-likeness (QED) is 0.841. The van der Waals surface area contributed by atoms with Gasteiger partial charge in [0.05, 0.1) is 0 Å². The van der Waals surface area contributed by atoms with Crippen LogP contribution in [0.3, 0.4) is 0 Å². The number of hydrogen-bond donors (Lipinski definition) is 1. The van der Waals surface area contributed by atoms with Gasteiger partial charge < -0.3 is 10.2 Å². The first-order chi connectivity index (χ1) is 8.81. The molecule has 2 heteroatoms. The maximum atomic E-state index is 3.34. The lowest BCUT2D eigenvalue weighted by atomic mass is 9.63. The van der Waals surface area contributed by atoms with E-state index in [1.165, 1.54) is 51.7 Å². The second-order valence-electron chi connectivity index (χ2n) is 8.60. The van der Waals surface area contributed by atoms with Gasteiger partial charge in [0, 0.05) is 6.04 Å². The van der Waals surface area contributed by atoms with E-state index >= 15 is 0 Å². The molecule has 1 N–H and O–H groups in total. The predicted molar refractivity (Wildman–Crippen MR) is 83.4 cm³/mol. The maximum Gasteiger partial charge on any atom is 0.0105 e. The average Bonchev–Trinajstić information content (AvgIpc) is 2.26. The fourth-order valence-corrected chi connectivity index (χ4v) is 4.86. The molecule has 0 atom stereocenters. The van der Waals surface area contributed by atoms with Crippen molar-refractivity contribution in [1.29, 1.82) is 0 Å². The molecule has 0 aromatic heterocycles. The smallest absolute Gasteiger partial charge is 0.0105 e. The number of piperidine rings is 1. The second-order valence-corrected chi connectivity index (χ2v) is 8.60. The molecule has 1 heterocycles. The van der Waals surface area contributed by atoms with Gasteiger partial charge in [0.15, 0.2) is 0 Å². The van der Waals surface area contributed by atoms with Crippen LogP contribution < -0.4 is 5.32 Å². The van der Waals surface area contributed by atoms with E-state index < -0.39 is 0 Å². The van der Waals surface area contributed by atoms with Crippen LogP contribution in [0.15, 0.2) is 0 Å².